The maximum absolute atomic E-state index is 10.3. The third-order valence-electron chi connectivity index (χ3n) is 4.26. The number of aliphatic imine (C=N–C) groups is 1. The maximum Gasteiger partial charge on any atom is 0.166 e. The largest absolute Gasteiger partial charge is 0.504 e. The van der Waals surface area contributed by atoms with E-state index < -0.39 is 6.10 Å². The molecule has 0 fully saturated rings. The van der Waals surface area contributed by atoms with Gasteiger partial charge in [-0.05, 0) is 30.3 Å². The number of nitrogens with zero attached hydrogens (tertiary/aromatic N) is 1. The summed E-state index contributed by atoms with van der Waals surface area (Å²) >= 11 is 0. The second kappa shape index (κ2) is 8.92. The van der Waals surface area contributed by atoms with E-state index in [4.69, 9.17) is 9.47 Å². The highest BCUT2D eigenvalue weighted by atomic mass is 16.5. The van der Waals surface area contributed by atoms with Crippen LogP contribution in [-0.2, 0) is 4.74 Å². The number of methoxy groups -OCH3 is 2. The molecule has 6 heteroatoms. The lowest BCUT2D eigenvalue weighted by Gasteiger charge is -2.18. The predicted molar refractivity (Wildman–Crippen MR) is 110 cm³/mol. The first-order chi connectivity index (χ1) is 13.6. The Balaban J connectivity index is 1.82. The summed E-state index contributed by atoms with van der Waals surface area (Å²) < 4.78 is 10.3. The minimum Gasteiger partial charge on any atom is -0.504 e. The van der Waals surface area contributed by atoms with Crippen LogP contribution in [0.5, 0.6) is 11.5 Å². The van der Waals surface area contributed by atoms with Gasteiger partial charge in [-0.2, -0.15) is 0 Å². The summed E-state index contributed by atoms with van der Waals surface area (Å²) in [6.45, 7) is 0. The Morgan fingerprint density at radius 3 is 2.68 bits per heavy atom. The molecule has 0 saturated heterocycles. The van der Waals surface area contributed by atoms with Gasteiger partial charge in [0.15, 0.2) is 11.5 Å². The molecule has 2 aromatic rings. The van der Waals surface area contributed by atoms with Gasteiger partial charge < -0.3 is 25.0 Å². The number of phenolic OH excluding ortho intramolecular Hbond substituents is 1. The summed E-state index contributed by atoms with van der Waals surface area (Å²) in [6, 6.07) is 12.7. The van der Waals surface area contributed by atoms with Crippen molar-refractivity contribution < 1.29 is 19.7 Å². The number of benzene rings is 2. The van der Waals surface area contributed by atoms with Crippen molar-refractivity contribution in [1.29, 1.82) is 0 Å². The van der Waals surface area contributed by atoms with E-state index >= 15 is 0 Å². The van der Waals surface area contributed by atoms with Crippen LogP contribution in [0.25, 0.3) is 0 Å². The Labute approximate surface area is 163 Å². The van der Waals surface area contributed by atoms with Crippen LogP contribution in [0.1, 0.15) is 5.56 Å². The number of aliphatic hydroxyl groups excluding tert-OH is 1. The molecule has 144 valence electrons. The van der Waals surface area contributed by atoms with Crippen molar-refractivity contribution in [2.45, 2.75) is 6.10 Å². The number of phenols is 1. The van der Waals surface area contributed by atoms with Crippen LogP contribution in [0.3, 0.4) is 0 Å². The van der Waals surface area contributed by atoms with E-state index in [-0.39, 0.29) is 5.75 Å². The Morgan fingerprint density at radius 1 is 1.07 bits per heavy atom. The molecule has 3 rings (SSSR count). The van der Waals surface area contributed by atoms with Gasteiger partial charge in [0.05, 0.1) is 25.6 Å². The molecule has 0 aromatic heterocycles. The van der Waals surface area contributed by atoms with E-state index in [0.29, 0.717) is 28.3 Å². The molecule has 6 nitrogen and oxygen atoms in total. The Hall–Kier alpha value is -3.51. The highest BCUT2D eigenvalue weighted by Crippen LogP contribution is 2.30. The summed E-state index contributed by atoms with van der Waals surface area (Å²) in [6.07, 6.45) is 7.81. The molecule has 1 aliphatic carbocycles. The van der Waals surface area contributed by atoms with Crippen molar-refractivity contribution in [2.75, 3.05) is 19.5 Å². The third-order valence-corrected chi connectivity index (χ3v) is 4.26. The van der Waals surface area contributed by atoms with E-state index in [0.717, 1.165) is 5.69 Å². The first-order valence-electron chi connectivity index (χ1n) is 8.70. The van der Waals surface area contributed by atoms with Gasteiger partial charge in [0.25, 0.3) is 0 Å². The number of hydrogen-bond donors (Lipinski definition) is 3. The topological polar surface area (TPSA) is 83.3 Å². The van der Waals surface area contributed by atoms with E-state index in [1.807, 2.05) is 30.3 Å². The highest BCUT2D eigenvalue weighted by Gasteiger charge is 2.17. The summed E-state index contributed by atoms with van der Waals surface area (Å²) in [4.78, 5) is 4.48. The van der Waals surface area contributed by atoms with Crippen molar-refractivity contribution in [3.63, 3.8) is 0 Å². The normalized spacial score (nSPS) is 17.6. The molecule has 0 saturated carbocycles. The molecular weight excluding hydrogens is 356 g/mol. The number of anilines is 1. The number of allylic oxidation sites excluding steroid dienone is 2. The van der Waals surface area contributed by atoms with Gasteiger partial charge >= 0.3 is 0 Å². The van der Waals surface area contributed by atoms with Crippen LogP contribution < -0.4 is 10.1 Å². The van der Waals surface area contributed by atoms with Crippen molar-refractivity contribution in [1.82, 2.24) is 0 Å². The van der Waals surface area contributed by atoms with Crippen molar-refractivity contribution >= 4 is 17.6 Å². The second-order valence-electron chi connectivity index (χ2n) is 6.00. The highest BCUT2D eigenvalue weighted by molar-refractivity contribution is 5.88. The maximum atomic E-state index is 10.3. The van der Waals surface area contributed by atoms with Gasteiger partial charge in [-0.1, -0.05) is 30.4 Å². The van der Waals surface area contributed by atoms with E-state index in [2.05, 4.69) is 10.3 Å². The zero-order valence-electron chi connectivity index (χ0n) is 15.7. The molecule has 3 N–H and O–H groups in total. The standard InChI is InChI=1S/C22H22N2O4/c1-27-19-11-5-7-15(21(19)25)13-23-17-9-3-4-10-18(17)24-14-16-8-6-12-20(28-2)22(16)26/h3-14,21,23,25-26H,1-2H3/b15-13-,24-14?. The van der Waals surface area contributed by atoms with Crippen LogP contribution in [0.4, 0.5) is 11.4 Å². The first-order valence-corrected chi connectivity index (χ1v) is 8.70. The van der Waals surface area contributed by atoms with Gasteiger partial charge in [0, 0.05) is 23.6 Å². The Kier molecular flexibility index (Phi) is 6.14. The quantitative estimate of drug-likeness (QED) is 0.664. The Morgan fingerprint density at radius 2 is 1.89 bits per heavy atom. The number of rotatable bonds is 6. The molecule has 2 aromatic carbocycles. The summed E-state index contributed by atoms with van der Waals surface area (Å²) in [5.41, 5.74) is 2.65. The van der Waals surface area contributed by atoms with Gasteiger partial charge in [0.2, 0.25) is 0 Å². The van der Waals surface area contributed by atoms with Crippen molar-refractivity contribution in [3.05, 3.63) is 83.8 Å². The SMILES string of the molecule is COC1=CC=C/C(=C/Nc2ccccc2N=Cc2cccc(OC)c2O)C1O. The first kappa shape index (κ1) is 19.3. The molecule has 0 heterocycles. The van der Waals surface area contributed by atoms with Crippen LogP contribution in [0, 0.1) is 0 Å². The molecule has 0 radical (unpaired) electrons. The number of nitrogens with one attached hydrogen (secondary N) is 1. The molecule has 0 spiro atoms. The average molecular weight is 378 g/mol. The van der Waals surface area contributed by atoms with Crippen LogP contribution in [0.15, 0.2) is 83.2 Å². The van der Waals surface area contributed by atoms with Crippen LogP contribution in [0.2, 0.25) is 0 Å². The van der Waals surface area contributed by atoms with Crippen molar-refractivity contribution in [3.8, 4) is 11.5 Å². The predicted octanol–water partition coefficient (Wildman–Crippen LogP) is 3.91. The number of aliphatic hydroxyl groups is 1. The number of hydrogen-bond acceptors (Lipinski definition) is 6. The van der Waals surface area contributed by atoms with Crippen LogP contribution in [-0.4, -0.2) is 36.8 Å². The minimum absolute atomic E-state index is 0.0376. The van der Waals surface area contributed by atoms with E-state index in [1.165, 1.54) is 14.2 Å². The third kappa shape index (κ3) is 4.24. The van der Waals surface area contributed by atoms with Crippen LogP contribution >= 0.6 is 0 Å². The fourth-order valence-electron chi connectivity index (χ4n) is 2.72. The molecular formula is C22H22N2O4. The number of para-hydroxylation sites is 3. The molecule has 0 amide bonds. The summed E-state index contributed by atoms with van der Waals surface area (Å²) in [5, 5.41) is 23.7. The van der Waals surface area contributed by atoms with Gasteiger partial charge in [-0.3, -0.25) is 4.99 Å². The van der Waals surface area contributed by atoms with E-state index in [9.17, 15) is 10.2 Å². The minimum atomic E-state index is -0.827. The smallest absolute Gasteiger partial charge is 0.166 e. The molecule has 28 heavy (non-hydrogen) atoms. The molecule has 1 unspecified atom stereocenters. The number of ether oxygens (including phenoxy) is 2. The fraction of sp³-hybridized carbons (Fsp3) is 0.136. The molecule has 1 aliphatic rings. The molecule has 0 aliphatic heterocycles. The van der Waals surface area contributed by atoms with E-state index in [1.54, 1.807) is 42.8 Å². The lowest BCUT2D eigenvalue weighted by Crippen LogP contribution is -2.17. The summed E-state index contributed by atoms with van der Waals surface area (Å²) in [7, 11) is 3.03. The van der Waals surface area contributed by atoms with Gasteiger partial charge in [-0.15, -0.1) is 0 Å². The molecule has 1 atom stereocenters. The zero-order valence-corrected chi connectivity index (χ0v) is 15.7. The zero-order chi connectivity index (χ0) is 19.9. The lowest BCUT2D eigenvalue weighted by atomic mass is 10.0. The monoisotopic (exact) mass is 378 g/mol. The average Bonchev–Trinajstić information content (AvgIpc) is 2.73. The fourth-order valence-corrected chi connectivity index (χ4v) is 2.72. The van der Waals surface area contributed by atoms with Gasteiger partial charge in [0.1, 0.15) is 11.9 Å². The number of aromatic hydroxyl groups is 1. The Bertz CT molecular complexity index is 961. The summed E-state index contributed by atoms with van der Waals surface area (Å²) in [5.74, 6) is 0.909. The molecule has 0 bridgehead atoms. The van der Waals surface area contributed by atoms with Gasteiger partial charge in [-0.25, -0.2) is 0 Å². The van der Waals surface area contributed by atoms with Crippen molar-refractivity contribution in [2.24, 2.45) is 4.99 Å². The second-order valence-corrected chi connectivity index (χ2v) is 6.00. The lowest BCUT2D eigenvalue weighted by molar-refractivity contribution is 0.154.